The summed E-state index contributed by atoms with van der Waals surface area (Å²) in [5, 5.41) is 3.65. The van der Waals surface area contributed by atoms with Crippen molar-refractivity contribution < 1.29 is 18.7 Å². The zero-order chi connectivity index (χ0) is 21.5. The average molecular weight is 434 g/mol. The number of morpholine rings is 1. The number of halogens is 1. The van der Waals surface area contributed by atoms with Crippen molar-refractivity contribution in [1.29, 1.82) is 0 Å². The first-order chi connectivity index (χ1) is 14.5. The van der Waals surface area contributed by atoms with Gasteiger partial charge in [0.15, 0.2) is 0 Å². The molecule has 1 fully saturated rings. The van der Waals surface area contributed by atoms with E-state index in [9.17, 15) is 9.18 Å². The third kappa shape index (κ3) is 5.50. The number of hydrogen-bond donors (Lipinski definition) is 1. The van der Waals surface area contributed by atoms with Crippen LogP contribution in [0.5, 0.6) is 0 Å². The van der Waals surface area contributed by atoms with Gasteiger partial charge in [-0.05, 0) is 42.0 Å². The van der Waals surface area contributed by atoms with Crippen LogP contribution in [0, 0.1) is 12.7 Å². The van der Waals surface area contributed by atoms with Crippen molar-refractivity contribution in [2.75, 3.05) is 44.1 Å². The van der Waals surface area contributed by atoms with Gasteiger partial charge in [0.25, 0.3) is 5.91 Å². The standard InChI is InChI=1S/C22H28FN3O3S/c1-4-30-22-20(21(27)24-12-16-5-7-17(23)8-6-16)15(2)11-19(25-22)26-9-10-29-14-18(26)13-28-3/h5-8,11,18H,4,9-10,12-14H2,1-3H3,(H,24,27)/t18-/m1/s1. The number of benzene rings is 1. The molecule has 30 heavy (non-hydrogen) atoms. The second kappa shape index (κ2) is 10.7. The number of ether oxygens (including phenoxy) is 2. The monoisotopic (exact) mass is 433 g/mol. The summed E-state index contributed by atoms with van der Waals surface area (Å²) in [7, 11) is 1.68. The van der Waals surface area contributed by atoms with Gasteiger partial charge in [0, 0.05) is 20.2 Å². The number of carbonyl (C=O) groups is 1. The number of thioether (sulfide) groups is 1. The summed E-state index contributed by atoms with van der Waals surface area (Å²) in [4.78, 5) is 20.0. The Kier molecular flexibility index (Phi) is 8.07. The minimum absolute atomic E-state index is 0.0910. The molecule has 2 heterocycles. The number of carbonyl (C=O) groups excluding carboxylic acids is 1. The zero-order valence-electron chi connectivity index (χ0n) is 17.6. The van der Waals surface area contributed by atoms with Crippen LogP contribution in [-0.4, -0.2) is 56.2 Å². The third-order valence-electron chi connectivity index (χ3n) is 4.93. The van der Waals surface area contributed by atoms with Crippen LogP contribution in [0.25, 0.3) is 0 Å². The lowest BCUT2D eigenvalue weighted by atomic mass is 10.1. The second-order valence-electron chi connectivity index (χ2n) is 7.10. The predicted octanol–water partition coefficient (Wildman–Crippen LogP) is 3.42. The van der Waals surface area contributed by atoms with Crippen molar-refractivity contribution in [3.8, 4) is 0 Å². The number of nitrogens with one attached hydrogen (secondary N) is 1. The number of rotatable bonds is 8. The van der Waals surface area contributed by atoms with Gasteiger partial charge in [-0.2, -0.15) is 0 Å². The summed E-state index contributed by atoms with van der Waals surface area (Å²) in [6.45, 7) is 6.81. The van der Waals surface area contributed by atoms with Crippen LogP contribution in [0.3, 0.4) is 0 Å². The minimum atomic E-state index is -0.294. The van der Waals surface area contributed by atoms with Crippen LogP contribution in [0.1, 0.15) is 28.4 Å². The van der Waals surface area contributed by atoms with Crippen molar-refractivity contribution in [3.05, 3.63) is 52.8 Å². The van der Waals surface area contributed by atoms with E-state index in [1.807, 2.05) is 19.9 Å². The van der Waals surface area contributed by atoms with E-state index in [4.69, 9.17) is 14.5 Å². The highest BCUT2D eigenvalue weighted by Crippen LogP contribution is 2.29. The summed E-state index contributed by atoms with van der Waals surface area (Å²) >= 11 is 1.55. The smallest absolute Gasteiger partial charge is 0.254 e. The van der Waals surface area contributed by atoms with Gasteiger partial charge in [0.1, 0.15) is 16.7 Å². The fraction of sp³-hybridized carbons (Fsp3) is 0.455. The van der Waals surface area contributed by atoms with Crippen molar-refractivity contribution in [2.24, 2.45) is 0 Å². The third-order valence-corrected chi connectivity index (χ3v) is 5.78. The number of pyridine rings is 1. The van der Waals surface area contributed by atoms with Crippen LogP contribution in [0.4, 0.5) is 10.2 Å². The Morgan fingerprint density at radius 1 is 1.40 bits per heavy atom. The van der Waals surface area contributed by atoms with Crippen LogP contribution in [0.15, 0.2) is 35.4 Å². The lowest BCUT2D eigenvalue weighted by Crippen LogP contribution is -2.48. The molecule has 2 aromatic rings. The van der Waals surface area contributed by atoms with E-state index in [0.717, 1.165) is 29.2 Å². The molecule has 3 rings (SSSR count). The molecule has 6 nitrogen and oxygen atoms in total. The first-order valence-electron chi connectivity index (χ1n) is 10.0. The number of hydrogen-bond acceptors (Lipinski definition) is 6. The molecule has 1 aromatic carbocycles. The van der Waals surface area contributed by atoms with E-state index < -0.39 is 0 Å². The lowest BCUT2D eigenvalue weighted by Gasteiger charge is -2.36. The first kappa shape index (κ1) is 22.5. The number of amides is 1. The topological polar surface area (TPSA) is 63.7 Å². The molecule has 162 valence electrons. The molecule has 1 amide bonds. The van der Waals surface area contributed by atoms with E-state index in [1.165, 1.54) is 12.1 Å². The predicted molar refractivity (Wildman–Crippen MR) is 117 cm³/mol. The average Bonchev–Trinajstić information content (AvgIpc) is 2.74. The van der Waals surface area contributed by atoms with Gasteiger partial charge in [0.2, 0.25) is 0 Å². The Balaban J connectivity index is 1.83. The molecule has 1 N–H and O–H groups in total. The van der Waals surface area contributed by atoms with Crippen LogP contribution in [0.2, 0.25) is 0 Å². The summed E-state index contributed by atoms with van der Waals surface area (Å²) in [6.07, 6.45) is 0. The van der Waals surface area contributed by atoms with Gasteiger partial charge in [-0.1, -0.05) is 19.1 Å². The van der Waals surface area contributed by atoms with Gasteiger partial charge in [-0.25, -0.2) is 9.37 Å². The number of anilines is 1. The lowest BCUT2D eigenvalue weighted by molar-refractivity contribution is 0.0597. The normalized spacial score (nSPS) is 16.5. The highest BCUT2D eigenvalue weighted by molar-refractivity contribution is 7.99. The van der Waals surface area contributed by atoms with Gasteiger partial charge >= 0.3 is 0 Å². The molecule has 0 bridgehead atoms. The Labute approximate surface area is 181 Å². The zero-order valence-corrected chi connectivity index (χ0v) is 18.4. The molecule has 0 unspecified atom stereocenters. The summed E-state index contributed by atoms with van der Waals surface area (Å²) < 4.78 is 24.0. The van der Waals surface area contributed by atoms with E-state index in [2.05, 4.69) is 10.2 Å². The van der Waals surface area contributed by atoms with Gasteiger partial charge in [0.05, 0.1) is 31.4 Å². The van der Waals surface area contributed by atoms with Crippen LogP contribution in [-0.2, 0) is 16.0 Å². The summed E-state index contributed by atoms with van der Waals surface area (Å²) in [5.74, 6) is 1.17. The SMILES string of the molecule is CCSc1nc(N2CCOC[C@H]2COC)cc(C)c1C(=O)NCc1ccc(F)cc1. The maximum atomic E-state index is 13.1. The quantitative estimate of drug-likeness (QED) is 0.644. The molecule has 1 aromatic heterocycles. The highest BCUT2D eigenvalue weighted by atomic mass is 32.2. The van der Waals surface area contributed by atoms with Gasteiger partial charge in [-0.3, -0.25) is 4.79 Å². The molecule has 0 spiro atoms. The fourth-order valence-electron chi connectivity index (χ4n) is 3.45. The minimum Gasteiger partial charge on any atom is -0.382 e. The van der Waals surface area contributed by atoms with Gasteiger partial charge < -0.3 is 19.7 Å². The van der Waals surface area contributed by atoms with E-state index in [-0.39, 0.29) is 17.8 Å². The number of aryl methyl sites for hydroxylation is 1. The Bertz CT molecular complexity index is 861. The molecule has 1 atom stereocenters. The number of nitrogens with zero attached hydrogens (tertiary/aromatic N) is 2. The maximum Gasteiger partial charge on any atom is 0.254 e. The molecule has 0 radical (unpaired) electrons. The van der Waals surface area contributed by atoms with Crippen LogP contribution >= 0.6 is 11.8 Å². The largest absolute Gasteiger partial charge is 0.382 e. The molecular formula is C22H28FN3O3S. The summed E-state index contributed by atoms with van der Waals surface area (Å²) in [6, 6.07) is 8.16. The van der Waals surface area contributed by atoms with Crippen LogP contribution < -0.4 is 10.2 Å². The Morgan fingerprint density at radius 2 is 2.17 bits per heavy atom. The van der Waals surface area contributed by atoms with Gasteiger partial charge in [-0.15, -0.1) is 11.8 Å². The second-order valence-corrected chi connectivity index (χ2v) is 8.35. The molecule has 0 saturated carbocycles. The molecular weight excluding hydrogens is 405 g/mol. The number of methoxy groups -OCH3 is 1. The Hall–Kier alpha value is -2.16. The van der Waals surface area contributed by atoms with Crippen molar-refractivity contribution in [2.45, 2.75) is 31.5 Å². The molecule has 0 aliphatic carbocycles. The molecule has 1 saturated heterocycles. The molecule has 1 aliphatic rings. The van der Waals surface area contributed by atoms with E-state index >= 15 is 0 Å². The fourth-order valence-corrected chi connectivity index (χ4v) is 4.28. The molecule has 8 heteroatoms. The highest BCUT2D eigenvalue weighted by Gasteiger charge is 2.26. The Morgan fingerprint density at radius 3 is 2.87 bits per heavy atom. The van der Waals surface area contributed by atoms with Crippen molar-refractivity contribution in [1.82, 2.24) is 10.3 Å². The number of aromatic nitrogens is 1. The van der Waals surface area contributed by atoms with Crippen molar-refractivity contribution in [3.63, 3.8) is 0 Å². The van der Waals surface area contributed by atoms with Crippen molar-refractivity contribution >= 4 is 23.5 Å². The van der Waals surface area contributed by atoms with E-state index in [0.29, 0.717) is 37.0 Å². The maximum absolute atomic E-state index is 13.1. The summed E-state index contributed by atoms with van der Waals surface area (Å²) in [5.41, 5.74) is 2.30. The molecule has 1 aliphatic heterocycles. The van der Waals surface area contributed by atoms with E-state index in [1.54, 1.807) is 31.0 Å². The first-order valence-corrected chi connectivity index (χ1v) is 11.0.